The van der Waals surface area contributed by atoms with Gasteiger partial charge in [0.15, 0.2) is 0 Å². The van der Waals surface area contributed by atoms with E-state index >= 15 is 0 Å². The molecule has 0 spiro atoms. The van der Waals surface area contributed by atoms with E-state index in [0.717, 1.165) is 21.4 Å². The molecule has 2 aromatic rings. The summed E-state index contributed by atoms with van der Waals surface area (Å²) >= 11 is 0. The van der Waals surface area contributed by atoms with Gasteiger partial charge in [0.05, 0.1) is 0 Å². The van der Waals surface area contributed by atoms with Gasteiger partial charge in [0.25, 0.3) is 5.91 Å². The zero-order valence-electron chi connectivity index (χ0n) is 15.3. The Hall–Kier alpha value is -2.90. The Labute approximate surface area is 156 Å². The van der Waals surface area contributed by atoms with Gasteiger partial charge in [-0.15, -0.1) is 0 Å². The summed E-state index contributed by atoms with van der Waals surface area (Å²) < 4.78 is 13.5. The molecule has 144 valence electrons. The van der Waals surface area contributed by atoms with E-state index in [1.54, 1.807) is 12.3 Å². The molecule has 1 saturated heterocycles. The number of nitrogens with one attached hydrogen (secondary N) is 3. The van der Waals surface area contributed by atoms with Gasteiger partial charge in [-0.3, -0.25) is 14.5 Å². The molecule has 1 aliphatic heterocycles. The highest BCUT2D eigenvalue weighted by Gasteiger charge is 2.37. The van der Waals surface area contributed by atoms with Crippen LogP contribution in [-0.4, -0.2) is 46.4 Å². The van der Waals surface area contributed by atoms with Crippen LogP contribution in [0, 0.1) is 5.82 Å². The molecule has 0 unspecified atom stereocenters. The summed E-state index contributed by atoms with van der Waals surface area (Å²) in [5.74, 6) is -0.812. The van der Waals surface area contributed by atoms with Crippen molar-refractivity contribution < 1.29 is 18.8 Å². The molecule has 0 saturated carbocycles. The second kappa shape index (κ2) is 7.77. The smallest absolute Gasteiger partial charge is 0.324 e. The van der Waals surface area contributed by atoms with Crippen LogP contribution in [0.3, 0.4) is 0 Å². The van der Waals surface area contributed by atoms with Gasteiger partial charge in [0.1, 0.15) is 11.9 Å². The van der Waals surface area contributed by atoms with Gasteiger partial charge in [0, 0.05) is 36.1 Å². The number of aromatic nitrogens is 1. The monoisotopic (exact) mass is 374 g/mol. The minimum Gasteiger partial charge on any atom is -0.361 e. The van der Waals surface area contributed by atoms with Crippen molar-refractivity contribution in [1.82, 2.24) is 20.5 Å². The van der Waals surface area contributed by atoms with Gasteiger partial charge in [-0.05, 0) is 50.5 Å². The van der Waals surface area contributed by atoms with Crippen molar-refractivity contribution in [3.8, 4) is 0 Å². The summed E-state index contributed by atoms with van der Waals surface area (Å²) in [6, 6.07) is 3.35. The highest BCUT2D eigenvalue weighted by Crippen LogP contribution is 2.21. The lowest BCUT2D eigenvalue weighted by Gasteiger charge is -2.13. The predicted octanol–water partition coefficient (Wildman–Crippen LogP) is 2.07. The van der Waals surface area contributed by atoms with Crippen molar-refractivity contribution in [3.05, 3.63) is 35.8 Å². The second-order valence-electron chi connectivity index (χ2n) is 7.01. The van der Waals surface area contributed by atoms with Gasteiger partial charge in [-0.2, -0.15) is 0 Å². The third-order valence-electron chi connectivity index (χ3n) is 4.55. The number of aromatic amines is 1. The van der Waals surface area contributed by atoms with Crippen LogP contribution in [0.1, 0.15) is 32.3 Å². The van der Waals surface area contributed by atoms with Crippen molar-refractivity contribution in [2.24, 2.45) is 0 Å². The highest BCUT2D eigenvalue weighted by atomic mass is 19.1. The van der Waals surface area contributed by atoms with Gasteiger partial charge in [0.2, 0.25) is 5.91 Å². The number of benzene rings is 1. The number of amides is 4. The number of carbonyl (C=O) groups is 3. The molecular weight excluding hydrogens is 351 g/mol. The first-order valence-electron chi connectivity index (χ1n) is 9.02. The van der Waals surface area contributed by atoms with Crippen molar-refractivity contribution in [2.75, 3.05) is 6.54 Å². The number of carbonyl (C=O) groups excluding carboxylic acids is 3. The molecule has 1 aromatic carbocycles. The summed E-state index contributed by atoms with van der Waals surface area (Å²) in [7, 11) is 0. The van der Waals surface area contributed by atoms with Crippen molar-refractivity contribution in [2.45, 2.75) is 45.2 Å². The lowest BCUT2D eigenvalue weighted by molar-refractivity contribution is -0.127. The lowest BCUT2D eigenvalue weighted by Crippen LogP contribution is -2.35. The van der Waals surface area contributed by atoms with Crippen molar-refractivity contribution >= 4 is 28.7 Å². The van der Waals surface area contributed by atoms with Crippen LogP contribution in [0.4, 0.5) is 9.18 Å². The number of urea groups is 1. The van der Waals surface area contributed by atoms with Crippen LogP contribution >= 0.6 is 0 Å². The van der Waals surface area contributed by atoms with Gasteiger partial charge < -0.3 is 15.6 Å². The van der Waals surface area contributed by atoms with E-state index in [-0.39, 0.29) is 43.1 Å². The van der Waals surface area contributed by atoms with Crippen LogP contribution in [-0.2, 0) is 16.0 Å². The highest BCUT2D eigenvalue weighted by molar-refractivity contribution is 6.04. The lowest BCUT2D eigenvalue weighted by atomic mass is 10.1. The first kappa shape index (κ1) is 18.9. The zero-order chi connectivity index (χ0) is 19.6. The number of halogens is 1. The molecule has 7 nitrogen and oxygen atoms in total. The number of nitrogens with zero attached hydrogens (tertiary/aromatic N) is 1. The SMILES string of the molecule is CC(C)NC(=O)CC[C@H]1NC(=O)N(CCc2c[nH]c3ccc(F)cc23)C1=O. The first-order valence-corrected chi connectivity index (χ1v) is 9.02. The molecule has 0 aliphatic carbocycles. The van der Waals surface area contributed by atoms with E-state index < -0.39 is 12.1 Å². The van der Waals surface area contributed by atoms with Gasteiger partial charge in [-0.1, -0.05) is 0 Å². The van der Waals surface area contributed by atoms with Crippen molar-refractivity contribution in [3.63, 3.8) is 0 Å². The van der Waals surface area contributed by atoms with Gasteiger partial charge in [-0.25, -0.2) is 9.18 Å². The Kier molecular flexibility index (Phi) is 5.43. The second-order valence-corrected chi connectivity index (χ2v) is 7.01. The fourth-order valence-corrected chi connectivity index (χ4v) is 3.24. The quantitative estimate of drug-likeness (QED) is 0.648. The largest absolute Gasteiger partial charge is 0.361 e. The summed E-state index contributed by atoms with van der Waals surface area (Å²) in [5, 5.41) is 6.13. The average molecular weight is 374 g/mol. The molecule has 1 aromatic heterocycles. The third kappa shape index (κ3) is 4.27. The number of fused-ring (bicyclic) bond motifs is 1. The molecule has 1 fully saturated rings. The Balaban J connectivity index is 1.58. The summed E-state index contributed by atoms with van der Waals surface area (Å²) in [6.07, 6.45) is 2.61. The fourth-order valence-electron chi connectivity index (χ4n) is 3.24. The van der Waals surface area contributed by atoms with E-state index in [9.17, 15) is 18.8 Å². The molecule has 8 heteroatoms. The van der Waals surface area contributed by atoms with E-state index in [1.165, 1.54) is 12.1 Å². The maximum absolute atomic E-state index is 13.5. The minimum atomic E-state index is -0.684. The molecule has 0 bridgehead atoms. The first-order chi connectivity index (χ1) is 12.8. The minimum absolute atomic E-state index is 0.0314. The van der Waals surface area contributed by atoms with Crippen LogP contribution < -0.4 is 10.6 Å². The van der Waals surface area contributed by atoms with Crippen LogP contribution in [0.25, 0.3) is 10.9 Å². The summed E-state index contributed by atoms with van der Waals surface area (Å²) in [5.41, 5.74) is 1.64. The predicted molar refractivity (Wildman–Crippen MR) is 98.5 cm³/mol. The topological polar surface area (TPSA) is 94.3 Å². The standard InChI is InChI=1S/C19H23FN4O3/c1-11(2)22-17(25)6-5-16-18(26)24(19(27)23-16)8-7-12-10-21-15-4-3-13(20)9-14(12)15/h3-4,9-11,16,21H,5-8H2,1-2H3,(H,22,25)(H,23,27)/t16-/m1/s1. The van der Waals surface area contributed by atoms with Crippen LogP contribution in [0.2, 0.25) is 0 Å². The normalized spacial score (nSPS) is 17.0. The van der Waals surface area contributed by atoms with Gasteiger partial charge >= 0.3 is 6.03 Å². The summed E-state index contributed by atoms with van der Waals surface area (Å²) in [4.78, 5) is 40.5. The molecular formula is C19H23FN4O3. The van der Waals surface area contributed by atoms with Crippen molar-refractivity contribution in [1.29, 1.82) is 0 Å². The molecule has 1 atom stereocenters. The maximum Gasteiger partial charge on any atom is 0.324 e. The average Bonchev–Trinajstić information content (AvgIpc) is 3.11. The van der Waals surface area contributed by atoms with E-state index in [2.05, 4.69) is 15.6 Å². The molecule has 4 amide bonds. The molecule has 1 aliphatic rings. The van der Waals surface area contributed by atoms with Crippen LogP contribution in [0.5, 0.6) is 0 Å². The fraction of sp³-hybridized carbons (Fsp3) is 0.421. The Morgan fingerprint density at radius 1 is 1.33 bits per heavy atom. The van der Waals surface area contributed by atoms with E-state index in [4.69, 9.17) is 0 Å². The number of imide groups is 1. The van der Waals surface area contributed by atoms with E-state index in [0.29, 0.717) is 6.42 Å². The third-order valence-corrected chi connectivity index (χ3v) is 4.55. The molecule has 3 N–H and O–H groups in total. The molecule has 27 heavy (non-hydrogen) atoms. The number of hydrogen-bond acceptors (Lipinski definition) is 3. The number of rotatable bonds is 7. The Morgan fingerprint density at radius 3 is 2.85 bits per heavy atom. The van der Waals surface area contributed by atoms with E-state index in [1.807, 2.05) is 13.8 Å². The Bertz CT molecular complexity index is 877. The molecule has 2 heterocycles. The number of hydrogen-bond donors (Lipinski definition) is 3. The molecule has 3 rings (SSSR count). The summed E-state index contributed by atoms with van der Waals surface area (Å²) in [6.45, 7) is 3.92. The molecule has 0 radical (unpaired) electrons. The zero-order valence-corrected chi connectivity index (χ0v) is 15.3. The van der Waals surface area contributed by atoms with Crippen LogP contribution in [0.15, 0.2) is 24.4 Å². The maximum atomic E-state index is 13.5. The Morgan fingerprint density at radius 2 is 2.11 bits per heavy atom. The number of H-pyrrole nitrogens is 1.